The smallest absolute Gasteiger partial charge is 0.269 e. The molecule has 30 heavy (non-hydrogen) atoms. The molecule has 0 amide bonds. The second-order valence-electron chi connectivity index (χ2n) is 6.41. The molecule has 0 aliphatic rings. The molecule has 8 heteroatoms. The fraction of sp³-hybridized carbons (Fsp3) is 0.182. The van der Waals surface area contributed by atoms with Crippen molar-refractivity contribution in [2.45, 2.75) is 20.1 Å². The lowest BCUT2D eigenvalue weighted by Crippen LogP contribution is -2.04. The number of ether oxygens (including phenoxy) is 2. The van der Waals surface area contributed by atoms with Crippen molar-refractivity contribution in [3.8, 4) is 11.5 Å². The van der Waals surface area contributed by atoms with Gasteiger partial charge in [-0.3, -0.25) is 10.1 Å². The van der Waals surface area contributed by atoms with E-state index in [4.69, 9.17) is 21.1 Å². The Balaban J connectivity index is 1.71. The van der Waals surface area contributed by atoms with E-state index in [2.05, 4.69) is 21.2 Å². The van der Waals surface area contributed by atoms with Crippen LogP contribution < -0.4 is 14.8 Å². The minimum Gasteiger partial charge on any atom is -0.490 e. The molecule has 3 aromatic carbocycles. The normalized spacial score (nSPS) is 10.5. The molecular formula is C22H20BrClN2O4. The zero-order chi connectivity index (χ0) is 21.5. The Kier molecular flexibility index (Phi) is 7.54. The topological polar surface area (TPSA) is 73.6 Å². The van der Waals surface area contributed by atoms with Gasteiger partial charge < -0.3 is 14.8 Å². The molecule has 3 rings (SSSR count). The summed E-state index contributed by atoms with van der Waals surface area (Å²) in [7, 11) is 0. The minimum atomic E-state index is -0.426. The first kappa shape index (κ1) is 21.9. The highest BCUT2D eigenvalue weighted by molar-refractivity contribution is 9.10. The Morgan fingerprint density at radius 3 is 2.37 bits per heavy atom. The molecular weight excluding hydrogens is 472 g/mol. The number of hydrogen-bond donors (Lipinski definition) is 1. The highest BCUT2D eigenvalue weighted by atomic mass is 79.9. The van der Waals surface area contributed by atoms with Crippen LogP contribution in [0.2, 0.25) is 5.02 Å². The lowest BCUT2D eigenvalue weighted by Gasteiger charge is -2.16. The molecule has 0 spiro atoms. The average molecular weight is 492 g/mol. The van der Waals surface area contributed by atoms with Gasteiger partial charge >= 0.3 is 0 Å². The predicted molar refractivity (Wildman–Crippen MR) is 122 cm³/mol. The maximum absolute atomic E-state index is 10.8. The standard InChI is InChI=1S/C22H20BrClN2O4/c1-2-29-21-12-16(13-25-18-7-9-19(10-8-18)26(27)28)11-20(24)22(21)30-14-15-3-5-17(23)6-4-15/h3-12,25H,2,13-14H2,1H3. The number of benzene rings is 3. The SMILES string of the molecule is CCOc1cc(CNc2ccc([N+](=O)[O-])cc2)cc(Cl)c1OCc1ccc(Br)cc1. The van der Waals surface area contributed by atoms with Crippen molar-refractivity contribution >= 4 is 38.9 Å². The molecule has 0 aromatic heterocycles. The number of non-ortho nitro benzene ring substituents is 1. The summed E-state index contributed by atoms with van der Waals surface area (Å²) < 4.78 is 12.7. The Hall–Kier alpha value is -2.77. The molecule has 1 N–H and O–H groups in total. The van der Waals surface area contributed by atoms with E-state index in [-0.39, 0.29) is 5.69 Å². The maximum atomic E-state index is 10.8. The summed E-state index contributed by atoms with van der Waals surface area (Å²) in [6.07, 6.45) is 0. The Morgan fingerprint density at radius 1 is 1.03 bits per heavy atom. The number of nitrogens with zero attached hydrogens (tertiary/aromatic N) is 1. The Morgan fingerprint density at radius 2 is 1.73 bits per heavy atom. The van der Waals surface area contributed by atoms with Crippen LogP contribution in [-0.2, 0) is 13.2 Å². The number of nitro groups is 1. The van der Waals surface area contributed by atoms with E-state index >= 15 is 0 Å². The first-order valence-electron chi connectivity index (χ1n) is 9.27. The number of nitrogens with one attached hydrogen (secondary N) is 1. The highest BCUT2D eigenvalue weighted by Crippen LogP contribution is 2.37. The van der Waals surface area contributed by atoms with Crippen molar-refractivity contribution < 1.29 is 14.4 Å². The molecule has 0 atom stereocenters. The molecule has 3 aromatic rings. The minimum absolute atomic E-state index is 0.0505. The van der Waals surface area contributed by atoms with Crippen molar-refractivity contribution in [3.63, 3.8) is 0 Å². The third-order valence-corrected chi connectivity index (χ3v) is 5.05. The molecule has 156 valence electrons. The summed E-state index contributed by atoms with van der Waals surface area (Å²) in [5, 5.41) is 14.4. The molecule has 0 saturated carbocycles. The van der Waals surface area contributed by atoms with Gasteiger partial charge in [0.1, 0.15) is 6.61 Å². The summed E-state index contributed by atoms with van der Waals surface area (Å²) in [5.74, 6) is 1.07. The van der Waals surface area contributed by atoms with Crippen LogP contribution in [0.15, 0.2) is 65.1 Å². The largest absolute Gasteiger partial charge is 0.490 e. The fourth-order valence-electron chi connectivity index (χ4n) is 2.77. The van der Waals surface area contributed by atoms with Gasteiger partial charge in [0, 0.05) is 28.8 Å². The van der Waals surface area contributed by atoms with Gasteiger partial charge in [0.15, 0.2) is 11.5 Å². The number of rotatable bonds is 9. The zero-order valence-corrected chi connectivity index (χ0v) is 18.6. The average Bonchev–Trinajstić information content (AvgIpc) is 2.73. The molecule has 0 aliphatic carbocycles. The lowest BCUT2D eigenvalue weighted by atomic mass is 10.2. The third-order valence-electron chi connectivity index (χ3n) is 4.24. The zero-order valence-electron chi connectivity index (χ0n) is 16.2. The van der Waals surface area contributed by atoms with Crippen molar-refractivity contribution in [1.29, 1.82) is 0 Å². The van der Waals surface area contributed by atoms with Crippen molar-refractivity contribution in [2.24, 2.45) is 0 Å². The second kappa shape index (κ2) is 10.3. The van der Waals surface area contributed by atoms with Crippen LogP contribution >= 0.6 is 27.5 Å². The van der Waals surface area contributed by atoms with Gasteiger partial charge in [0.2, 0.25) is 0 Å². The fourth-order valence-corrected chi connectivity index (χ4v) is 3.32. The van der Waals surface area contributed by atoms with E-state index in [0.717, 1.165) is 21.3 Å². The molecule has 6 nitrogen and oxygen atoms in total. The first-order chi connectivity index (χ1) is 14.5. The van der Waals surface area contributed by atoms with Crippen LogP contribution in [-0.4, -0.2) is 11.5 Å². The number of nitro benzene ring substituents is 1. The summed E-state index contributed by atoms with van der Waals surface area (Å²) in [6.45, 7) is 3.22. The van der Waals surface area contributed by atoms with Crippen LogP contribution in [0.3, 0.4) is 0 Å². The van der Waals surface area contributed by atoms with Crippen molar-refractivity contribution in [1.82, 2.24) is 0 Å². The van der Waals surface area contributed by atoms with Crippen LogP contribution in [0.5, 0.6) is 11.5 Å². The van der Waals surface area contributed by atoms with Crippen molar-refractivity contribution in [3.05, 3.63) is 91.4 Å². The van der Waals surface area contributed by atoms with Crippen molar-refractivity contribution in [2.75, 3.05) is 11.9 Å². The molecule has 0 fully saturated rings. The summed E-state index contributed by atoms with van der Waals surface area (Å²) in [6, 6.07) is 17.8. The molecule has 0 aliphatic heterocycles. The van der Waals surface area contributed by atoms with E-state index in [0.29, 0.717) is 36.3 Å². The monoisotopic (exact) mass is 490 g/mol. The lowest BCUT2D eigenvalue weighted by molar-refractivity contribution is -0.384. The van der Waals surface area contributed by atoms with Gasteiger partial charge in [-0.1, -0.05) is 39.7 Å². The summed E-state index contributed by atoms with van der Waals surface area (Å²) in [4.78, 5) is 10.3. The highest BCUT2D eigenvalue weighted by Gasteiger charge is 2.13. The van der Waals surface area contributed by atoms with Gasteiger partial charge in [0.05, 0.1) is 16.6 Å². The number of halogens is 2. The third kappa shape index (κ3) is 5.87. The molecule has 0 heterocycles. The Bertz CT molecular complexity index is 1010. The number of hydrogen-bond acceptors (Lipinski definition) is 5. The van der Waals surface area contributed by atoms with Crippen LogP contribution in [0, 0.1) is 10.1 Å². The molecule has 0 bridgehead atoms. The molecule has 0 unspecified atom stereocenters. The van der Waals surface area contributed by atoms with Crippen LogP contribution in [0.4, 0.5) is 11.4 Å². The quantitative estimate of drug-likeness (QED) is 0.270. The summed E-state index contributed by atoms with van der Waals surface area (Å²) >= 11 is 9.90. The number of anilines is 1. The van der Waals surface area contributed by atoms with Crippen LogP contribution in [0.25, 0.3) is 0 Å². The van der Waals surface area contributed by atoms with Gasteiger partial charge in [-0.2, -0.15) is 0 Å². The van der Waals surface area contributed by atoms with E-state index in [1.54, 1.807) is 12.1 Å². The van der Waals surface area contributed by atoms with Crippen LogP contribution in [0.1, 0.15) is 18.1 Å². The maximum Gasteiger partial charge on any atom is 0.269 e. The Labute approximate surface area is 188 Å². The van der Waals surface area contributed by atoms with Gasteiger partial charge in [0.25, 0.3) is 5.69 Å². The van der Waals surface area contributed by atoms with E-state index in [1.807, 2.05) is 43.3 Å². The summed E-state index contributed by atoms with van der Waals surface area (Å²) in [5.41, 5.74) is 2.73. The first-order valence-corrected chi connectivity index (χ1v) is 10.4. The van der Waals surface area contributed by atoms with Gasteiger partial charge in [-0.15, -0.1) is 0 Å². The van der Waals surface area contributed by atoms with Gasteiger partial charge in [-0.25, -0.2) is 0 Å². The second-order valence-corrected chi connectivity index (χ2v) is 7.73. The predicted octanol–water partition coefficient (Wildman–Crippen LogP) is 6.60. The molecule has 0 saturated heterocycles. The van der Waals surface area contributed by atoms with E-state index in [9.17, 15) is 10.1 Å². The molecule has 0 radical (unpaired) electrons. The van der Waals surface area contributed by atoms with E-state index < -0.39 is 4.92 Å². The van der Waals surface area contributed by atoms with E-state index in [1.165, 1.54) is 12.1 Å². The van der Waals surface area contributed by atoms with Gasteiger partial charge in [-0.05, 0) is 54.4 Å².